The Kier molecular flexibility index (Phi) is 8.27. The lowest BCUT2D eigenvalue weighted by atomic mass is 10.4. The van der Waals surface area contributed by atoms with Crippen LogP contribution in [0.1, 0.15) is 13.8 Å². The van der Waals surface area contributed by atoms with Crippen LogP contribution in [0.15, 0.2) is 0 Å². The zero-order valence-electron chi connectivity index (χ0n) is 8.95. The quantitative estimate of drug-likeness (QED) is 0.463. The van der Waals surface area contributed by atoms with Gasteiger partial charge in [0.05, 0.1) is 26.4 Å². The zero-order chi connectivity index (χ0) is 10.8. The molecule has 0 amide bonds. The molecular formula is C9H18O5. The predicted octanol–water partition coefficient (Wildman–Crippen LogP) is 1.21. The Morgan fingerprint density at radius 3 is 2.64 bits per heavy atom. The first-order valence-electron chi connectivity index (χ1n) is 4.60. The van der Waals surface area contributed by atoms with Crippen molar-refractivity contribution in [3.05, 3.63) is 0 Å². The molecule has 0 saturated carbocycles. The molecule has 0 radical (unpaired) electrons. The minimum absolute atomic E-state index is 0.144. The molecule has 0 aliphatic carbocycles. The first-order chi connectivity index (χ1) is 6.70. The fourth-order valence-corrected chi connectivity index (χ4v) is 0.745. The highest BCUT2D eigenvalue weighted by Crippen LogP contribution is 1.93. The first-order valence-corrected chi connectivity index (χ1v) is 4.60. The van der Waals surface area contributed by atoms with Crippen molar-refractivity contribution in [3.8, 4) is 0 Å². The third kappa shape index (κ3) is 7.82. The molecule has 1 unspecified atom stereocenters. The van der Waals surface area contributed by atoms with E-state index in [1.807, 2.05) is 13.8 Å². The van der Waals surface area contributed by atoms with Crippen LogP contribution in [0.2, 0.25) is 0 Å². The summed E-state index contributed by atoms with van der Waals surface area (Å²) in [4.78, 5) is 10.6. The van der Waals surface area contributed by atoms with Crippen LogP contribution in [-0.2, 0) is 18.9 Å². The van der Waals surface area contributed by atoms with E-state index in [4.69, 9.17) is 9.47 Å². The van der Waals surface area contributed by atoms with Crippen molar-refractivity contribution >= 4 is 6.16 Å². The van der Waals surface area contributed by atoms with E-state index in [1.165, 1.54) is 7.11 Å². The Balaban J connectivity index is 3.27. The lowest BCUT2D eigenvalue weighted by Gasteiger charge is -2.12. The average Bonchev–Trinajstić information content (AvgIpc) is 2.21. The van der Waals surface area contributed by atoms with Gasteiger partial charge in [-0.3, -0.25) is 0 Å². The first kappa shape index (κ1) is 13.2. The second-order valence-corrected chi connectivity index (χ2v) is 2.64. The van der Waals surface area contributed by atoms with Gasteiger partial charge in [0.25, 0.3) is 0 Å². The standard InChI is InChI=1S/C9H18O5/c1-4-12-5-6-13-8(2)7-14-9(10)11-3/h8H,4-7H2,1-3H3. The molecule has 0 aliphatic heterocycles. The van der Waals surface area contributed by atoms with Gasteiger partial charge >= 0.3 is 6.16 Å². The van der Waals surface area contributed by atoms with Crippen LogP contribution < -0.4 is 0 Å². The minimum atomic E-state index is -0.690. The maximum absolute atomic E-state index is 10.6. The van der Waals surface area contributed by atoms with Crippen LogP contribution in [0.4, 0.5) is 4.79 Å². The summed E-state index contributed by atoms with van der Waals surface area (Å²) in [7, 11) is 1.27. The fraction of sp³-hybridized carbons (Fsp3) is 0.889. The van der Waals surface area contributed by atoms with E-state index in [1.54, 1.807) is 0 Å². The van der Waals surface area contributed by atoms with E-state index < -0.39 is 6.16 Å². The number of carbonyl (C=O) groups excluding carboxylic acids is 1. The molecular weight excluding hydrogens is 188 g/mol. The molecule has 5 heteroatoms. The second kappa shape index (κ2) is 8.77. The molecule has 0 spiro atoms. The van der Waals surface area contributed by atoms with Crippen molar-refractivity contribution in [2.24, 2.45) is 0 Å². The van der Waals surface area contributed by atoms with E-state index in [-0.39, 0.29) is 12.7 Å². The van der Waals surface area contributed by atoms with E-state index in [9.17, 15) is 4.79 Å². The van der Waals surface area contributed by atoms with E-state index in [0.29, 0.717) is 19.8 Å². The van der Waals surface area contributed by atoms with Crippen molar-refractivity contribution in [2.45, 2.75) is 20.0 Å². The molecule has 14 heavy (non-hydrogen) atoms. The van der Waals surface area contributed by atoms with Gasteiger partial charge < -0.3 is 18.9 Å². The Morgan fingerprint density at radius 1 is 1.36 bits per heavy atom. The van der Waals surface area contributed by atoms with Crippen molar-refractivity contribution < 1.29 is 23.7 Å². The van der Waals surface area contributed by atoms with Gasteiger partial charge in [-0.2, -0.15) is 0 Å². The molecule has 0 bridgehead atoms. The molecule has 0 aromatic carbocycles. The smallest absolute Gasteiger partial charge is 0.438 e. The molecule has 0 aromatic heterocycles. The number of methoxy groups -OCH3 is 1. The number of ether oxygens (including phenoxy) is 4. The van der Waals surface area contributed by atoms with Gasteiger partial charge in [0.1, 0.15) is 6.61 Å². The van der Waals surface area contributed by atoms with Gasteiger partial charge in [0.15, 0.2) is 0 Å². The van der Waals surface area contributed by atoms with Crippen molar-refractivity contribution in [1.82, 2.24) is 0 Å². The average molecular weight is 206 g/mol. The largest absolute Gasteiger partial charge is 0.508 e. The van der Waals surface area contributed by atoms with Crippen LogP contribution in [0, 0.1) is 0 Å². The van der Waals surface area contributed by atoms with Gasteiger partial charge in [0, 0.05) is 6.61 Å². The Hall–Kier alpha value is -0.810. The van der Waals surface area contributed by atoms with E-state index >= 15 is 0 Å². The third-order valence-corrected chi connectivity index (χ3v) is 1.44. The summed E-state index contributed by atoms with van der Waals surface area (Å²) in [6.45, 7) is 5.66. The van der Waals surface area contributed by atoms with E-state index in [2.05, 4.69) is 9.47 Å². The van der Waals surface area contributed by atoms with Gasteiger partial charge in [-0.05, 0) is 13.8 Å². The van der Waals surface area contributed by atoms with Crippen LogP contribution in [0.3, 0.4) is 0 Å². The molecule has 84 valence electrons. The summed E-state index contributed by atoms with van der Waals surface area (Å²) >= 11 is 0. The van der Waals surface area contributed by atoms with Crippen LogP contribution in [0.25, 0.3) is 0 Å². The monoisotopic (exact) mass is 206 g/mol. The lowest BCUT2D eigenvalue weighted by Crippen LogP contribution is -2.21. The normalized spacial score (nSPS) is 12.2. The molecule has 1 atom stereocenters. The van der Waals surface area contributed by atoms with Gasteiger partial charge in [0.2, 0.25) is 0 Å². The number of hydrogen-bond donors (Lipinski definition) is 0. The highest BCUT2D eigenvalue weighted by molar-refractivity contribution is 5.59. The predicted molar refractivity (Wildman–Crippen MR) is 50.3 cm³/mol. The highest BCUT2D eigenvalue weighted by atomic mass is 16.7. The maximum Gasteiger partial charge on any atom is 0.508 e. The van der Waals surface area contributed by atoms with Gasteiger partial charge in [-0.1, -0.05) is 0 Å². The summed E-state index contributed by atoms with van der Waals surface area (Å²) in [5.74, 6) is 0. The lowest BCUT2D eigenvalue weighted by molar-refractivity contribution is -0.0234. The number of carbonyl (C=O) groups is 1. The summed E-state index contributed by atoms with van der Waals surface area (Å²) in [5, 5.41) is 0. The van der Waals surface area contributed by atoms with Crippen LogP contribution in [0.5, 0.6) is 0 Å². The topological polar surface area (TPSA) is 54.0 Å². The third-order valence-electron chi connectivity index (χ3n) is 1.44. The molecule has 0 saturated heterocycles. The Bertz CT molecular complexity index is 148. The Labute approximate surface area is 84.3 Å². The fourth-order valence-electron chi connectivity index (χ4n) is 0.745. The molecule has 0 N–H and O–H groups in total. The van der Waals surface area contributed by atoms with Crippen LogP contribution >= 0.6 is 0 Å². The molecule has 0 aliphatic rings. The van der Waals surface area contributed by atoms with Crippen molar-refractivity contribution in [2.75, 3.05) is 33.5 Å². The van der Waals surface area contributed by atoms with Crippen molar-refractivity contribution in [3.63, 3.8) is 0 Å². The Morgan fingerprint density at radius 2 is 2.07 bits per heavy atom. The molecule has 0 heterocycles. The minimum Gasteiger partial charge on any atom is -0.438 e. The second-order valence-electron chi connectivity index (χ2n) is 2.64. The molecule has 5 nitrogen and oxygen atoms in total. The summed E-state index contributed by atoms with van der Waals surface area (Å²) in [6, 6.07) is 0. The van der Waals surface area contributed by atoms with Crippen molar-refractivity contribution in [1.29, 1.82) is 0 Å². The summed E-state index contributed by atoms with van der Waals surface area (Å²) in [5.41, 5.74) is 0. The molecule has 0 rings (SSSR count). The number of rotatable bonds is 7. The zero-order valence-corrected chi connectivity index (χ0v) is 8.95. The van der Waals surface area contributed by atoms with Gasteiger partial charge in [-0.25, -0.2) is 4.79 Å². The van der Waals surface area contributed by atoms with Gasteiger partial charge in [-0.15, -0.1) is 0 Å². The summed E-state index contributed by atoms with van der Waals surface area (Å²) in [6.07, 6.45) is -0.834. The molecule has 0 fully saturated rings. The number of hydrogen-bond acceptors (Lipinski definition) is 5. The maximum atomic E-state index is 10.6. The van der Waals surface area contributed by atoms with E-state index in [0.717, 1.165) is 0 Å². The molecule has 0 aromatic rings. The SMILES string of the molecule is CCOCCOC(C)COC(=O)OC. The van der Waals surface area contributed by atoms with Crippen LogP contribution in [-0.4, -0.2) is 45.8 Å². The summed E-state index contributed by atoms with van der Waals surface area (Å²) < 4.78 is 19.3. The highest BCUT2D eigenvalue weighted by Gasteiger charge is 2.06.